The lowest BCUT2D eigenvalue weighted by Gasteiger charge is -2.18. The Morgan fingerprint density at radius 3 is 2.73 bits per heavy atom. The third kappa shape index (κ3) is 3.91. The molecule has 1 amide bonds. The Hall–Kier alpha value is -2.74. The number of rotatable bonds is 5. The molecule has 2 aromatic heterocycles. The summed E-state index contributed by atoms with van der Waals surface area (Å²) < 4.78 is 31.6. The minimum Gasteiger partial charge on any atom is -0.361 e. The Balaban J connectivity index is 1.81. The number of nitrogens with zero attached hydrogens (tertiary/aromatic N) is 3. The van der Waals surface area contributed by atoms with Gasteiger partial charge in [0.05, 0.1) is 11.3 Å². The van der Waals surface area contributed by atoms with Gasteiger partial charge in [0.2, 0.25) is 0 Å². The van der Waals surface area contributed by atoms with Crippen LogP contribution >= 0.6 is 11.8 Å². The van der Waals surface area contributed by atoms with Crippen LogP contribution in [-0.4, -0.2) is 23.1 Å². The summed E-state index contributed by atoms with van der Waals surface area (Å²) in [6, 6.07) is 8.41. The Labute approximate surface area is 153 Å². The molecule has 0 saturated carbocycles. The van der Waals surface area contributed by atoms with Gasteiger partial charge in [-0.3, -0.25) is 4.79 Å². The highest BCUT2D eigenvalue weighted by atomic mass is 32.2. The number of carbonyl (C=O) groups is 1. The fourth-order valence-corrected chi connectivity index (χ4v) is 3.16. The quantitative estimate of drug-likeness (QED) is 0.625. The molecule has 0 aliphatic rings. The molecule has 2 heterocycles. The molecular weight excluding hydrogens is 360 g/mol. The number of halogens is 2. The predicted octanol–water partition coefficient (Wildman–Crippen LogP) is 4.23. The molecule has 0 atom stereocenters. The lowest BCUT2D eigenvalue weighted by molar-refractivity contribution is 0.0989. The highest BCUT2D eigenvalue weighted by Gasteiger charge is 2.19. The van der Waals surface area contributed by atoms with Crippen LogP contribution in [0.5, 0.6) is 0 Å². The maximum absolute atomic E-state index is 13.4. The van der Waals surface area contributed by atoms with Crippen molar-refractivity contribution < 1.29 is 18.1 Å². The SMILES string of the molecule is Cc1cc(CSc2ncccc2C(=O)N(C)c2ccc(F)c(F)c2)no1. The summed E-state index contributed by atoms with van der Waals surface area (Å²) in [6.07, 6.45) is 1.59. The van der Waals surface area contributed by atoms with Crippen LogP contribution in [0.3, 0.4) is 0 Å². The fourth-order valence-electron chi connectivity index (χ4n) is 2.29. The summed E-state index contributed by atoms with van der Waals surface area (Å²) in [5.41, 5.74) is 1.36. The van der Waals surface area contributed by atoms with E-state index in [1.165, 1.54) is 29.8 Å². The number of hydrogen-bond donors (Lipinski definition) is 0. The second-order valence-corrected chi connectivity index (χ2v) is 6.50. The molecule has 0 N–H and O–H groups in total. The van der Waals surface area contributed by atoms with Crippen molar-refractivity contribution in [3.63, 3.8) is 0 Å². The number of aromatic nitrogens is 2. The van der Waals surface area contributed by atoms with Gasteiger partial charge in [-0.1, -0.05) is 16.9 Å². The summed E-state index contributed by atoms with van der Waals surface area (Å²) in [5.74, 6) is -1.15. The van der Waals surface area contributed by atoms with Crippen LogP contribution in [0.25, 0.3) is 0 Å². The fraction of sp³-hybridized carbons (Fsp3) is 0.167. The van der Waals surface area contributed by atoms with Crippen LogP contribution < -0.4 is 4.90 Å². The highest BCUT2D eigenvalue weighted by molar-refractivity contribution is 7.98. The van der Waals surface area contributed by atoms with Crippen molar-refractivity contribution in [2.24, 2.45) is 0 Å². The summed E-state index contributed by atoms with van der Waals surface area (Å²) in [7, 11) is 1.50. The maximum atomic E-state index is 13.4. The van der Waals surface area contributed by atoms with Gasteiger partial charge in [-0.25, -0.2) is 13.8 Å². The average molecular weight is 375 g/mol. The summed E-state index contributed by atoms with van der Waals surface area (Å²) in [6.45, 7) is 1.80. The zero-order valence-electron chi connectivity index (χ0n) is 14.1. The second-order valence-electron chi connectivity index (χ2n) is 5.54. The van der Waals surface area contributed by atoms with Crippen molar-refractivity contribution in [3.8, 4) is 0 Å². The molecular formula is C18H15F2N3O2S. The molecule has 26 heavy (non-hydrogen) atoms. The molecule has 0 saturated heterocycles. The van der Waals surface area contributed by atoms with Crippen molar-refractivity contribution in [2.45, 2.75) is 17.7 Å². The van der Waals surface area contributed by atoms with Gasteiger partial charge in [-0.15, -0.1) is 0 Å². The molecule has 3 rings (SSSR count). The Kier molecular flexibility index (Phi) is 5.32. The third-order valence-electron chi connectivity index (χ3n) is 3.63. The van der Waals surface area contributed by atoms with Gasteiger partial charge in [-0.05, 0) is 31.2 Å². The van der Waals surface area contributed by atoms with Crippen molar-refractivity contribution in [1.29, 1.82) is 0 Å². The van der Waals surface area contributed by atoms with E-state index in [1.54, 1.807) is 25.3 Å². The smallest absolute Gasteiger partial charge is 0.260 e. The summed E-state index contributed by atoms with van der Waals surface area (Å²) in [5, 5.41) is 4.43. The summed E-state index contributed by atoms with van der Waals surface area (Å²) >= 11 is 1.34. The number of anilines is 1. The van der Waals surface area contributed by atoms with E-state index in [4.69, 9.17) is 4.52 Å². The topological polar surface area (TPSA) is 59.2 Å². The molecule has 134 valence electrons. The van der Waals surface area contributed by atoms with Gasteiger partial charge in [0.25, 0.3) is 5.91 Å². The van der Waals surface area contributed by atoms with E-state index in [2.05, 4.69) is 10.1 Å². The number of amides is 1. The molecule has 0 bridgehead atoms. The van der Waals surface area contributed by atoms with Crippen LogP contribution in [-0.2, 0) is 5.75 Å². The van der Waals surface area contributed by atoms with Crippen LogP contribution in [0.2, 0.25) is 0 Å². The molecule has 0 fully saturated rings. The average Bonchev–Trinajstić information content (AvgIpc) is 3.06. The van der Waals surface area contributed by atoms with Crippen molar-refractivity contribution in [3.05, 3.63) is 71.2 Å². The van der Waals surface area contributed by atoms with Gasteiger partial charge < -0.3 is 9.42 Å². The largest absolute Gasteiger partial charge is 0.361 e. The van der Waals surface area contributed by atoms with E-state index in [-0.39, 0.29) is 11.6 Å². The van der Waals surface area contributed by atoms with Gasteiger partial charge in [-0.2, -0.15) is 0 Å². The zero-order chi connectivity index (χ0) is 18.7. The Morgan fingerprint density at radius 1 is 1.23 bits per heavy atom. The van der Waals surface area contributed by atoms with Gasteiger partial charge >= 0.3 is 0 Å². The molecule has 0 aliphatic heterocycles. The lowest BCUT2D eigenvalue weighted by Crippen LogP contribution is -2.27. The molecule has 0 aliphatic carbocycles. The first-order valence-corrected chi connectivity index (χ1v) is 8.67. The van der Waals surface area contributed by atoms with Gasteiger partial charge in [0.15, 0.2) is 11.6 Å². The molecule has 3 aromatic rings. The Morgan fingerprint density at radius 2 is 2.04 bits per heavy atom. The van der Waals surface area contributed by atoms with Crippen molar-refractivity contribution >= 4 is 23.4 Å². The lowest BCUT2D eigenvalue weighted by atomic mass is 10.2. The number of benzene rings is 1. The first kappa shape index (κ1) is 18.1. The number of aryl methyl sites for hydroxylation is 1. The van der Waals surface area contributed by atoms with Crippen LogP contribution in [0.4, 0.5) is 14.5 Å². The van der Waals surface area contributed by atoms with Crippen LogP contribution in [0.1, 0.15) is 21.8 Å². The van der Waals surface area contributed by atoms with E-state index in [9.17, 15) is 13.6 Å². The van der Waals surface area contributed by atoms with Gasteiger partial charge in [0, 0.05) is 36.8 Å². The molecule has 1 aromatic carbocycles. The number of carbonyl (C=O) groups excluding carboxylic acids is 1. The molecule has 0 radical (unpaired) electrons. The normalized spacial score (nSPS) is 10.8. The van der Waals surface area contributed by atoms with Crippen molar-refractivity contribution in [1.82, 2.24) is 10.1 Å². The first-order valence-electron chi connectivity index (χ1n) is 7.69. The molecule has 8 heteroatoms. The van der Waals surface area contributed by atoms with E-state index in [0.717, 1.165) is 17.8 Å². The maximum Gasteiger partial charge on any atom is 0.260 e. The monoisotopic (exact) mass is 375 g/mol. The first-order chi connectivity index (χ1) is 12.5. The van der Waals surface area contributed by atoms with E-state index in [1.807, 2.05) is 6.07 Å². The zero-order valence-corrected chi connectivity index (χ0v) is 14.9. The van der Waals surface area contributed by atoms with E-state index in [0.29, 0.717) is 22.1 Å². The van der Waals surface area contributed by atoms with Crippen LogP contribution in [0.15, 0.2) is 52.1 Å². The number of hydrogen-bond acceptors (Lipinski definition) is 5. The predicted molar refractivity (Wildman–Crippen MR) is 94.1 cm³/mol. The van der Waals surface area contributed by atoms with Crippen molar-refractivity contribution in [2.75, 3.05) is 11.9 Å². The number of thioether (sulfide) groups is 1. The molecule has 0 spiro atoms. The minimum atomic E-state index is -1.01. The van der Waals surface area contributed by atoms with E-state index < -0.39 is 11.6 Å². The highest BCUT2D eigenvalue weighted by Crippen LogP contribution is 2.26. The number of pyridine rings is 1. The summed E-state index contributed by atoms with van der Waals surface area (Å²) in [4.78, 5) is 18.3. The third-order valence-corrected chi connectivity index (χ3v) is 4.67. The molecule has 0 unspecified atom stereocenters. The van der Waals surface area contributed by atoms with Gasteiger partial charge in [0.1, 0.15) is 10.8 Å². The minimum absolute atomic E-state index is 0.251. The van der Waals surface area contributed by atoms with Crippen LogP contribution in [0, 0.1) is 18.6 Å². The Bertz CT molecular complexity index is 946. The molecule has 5 nitrogen and oxygen atoms in total. The second kappa shape index (κ2) is 7.65. The van der Waals surface area contributed by atoms with E-state index >= 15 is 0 Å². The standard InChI is InChI=1S/C18H15F2N3O2S/c1-11-8-12(22-25-11)10-26-17-14(4-3-7-21-17)18(24)23(2)13-5-6-15(19)16(20)9-13/h3-9H,10H2,1-2H3.